The molecular formula is C17H26O7. The summed E-state index contributed by atoms with van der Waals surface area (Å²) in [5, 5.41) is 10.3. The Kier molecular flexibility index (Phi) is 8.65. The van der Waals surface area contributed by atoms with Gasteiger partial charge in [0.2, 0.25) is 0 Å². The predicted molar refractivity (Wildman–Crippen MR) is 85.8 cm³/mol. The van der Waals surface area contributed by atoms with Crippen LogP contribution in [0.1, 0.15) is 34.1 Å². The number of hydrogen-bond acceptors (Lipinski definition) is 7. The Balaban J connectivity index is 5.35. The van der Waals surface area contributed by atoms with Gasteiger partial charge in [-0.05, 0) is 27.7 Å². The Hall–Kier alpha value is -1.91. The first-order chi connectivity index (χ1) is 11.1. The summed E-state index contributed by atoms with van der Waals surface area (Å²) in [6, 6.07) is 0. The molecule has 0 aromatic carbocycles. The molecule has 0 aliphatic carbocycles. The maximum absolute atomic E-state index is 11.8. The van der Waals surface area contributed by atoms with Gasteiger partial charge < -0.3 is 24.1 Å². The van der Waals surface area contributed by atoms with Crippen molar-refractivity contribution in [3.63, 3.8) is 0 Å². The Bertz CT molecular complexity index is 474. The number of ether oxygens (including phenoxy) is 3. The third-order valence-corrected chi connectivity index (χ3v) is 3.70. The van der Waals surface area contributed by atoms with Crippen molar-refractivity contribution >= 4 is 18.7 Å². The molecule has 24 heavy (non-hydrogen) atoms. The van der Waals surface area contributed by atoms with Crippen LogP contribution in [0.3, 0.4) is 0 Å². The van der Waals surface area contributed by atoms with Crippen LogP contribution in [-0.4, -0.2) is 55.9 Å². The van der Waals surface area contributed by atoms with E-state index in [1.165, 1.54) is 14.0 Å². The molecule has 0 saturated carbocycles. The van der Waals surface area contributed by atoms with Gasteiger partial charge in [-0.2, -0.15) is 0 Å². The van der Waals surface area contributed by atoms with Crippen LogP contribution in [0.15, 0.2) is 0 Å². The average molecular weight is 342 g/mol. The van der Waals surface area contributed by atoms with Gasteiger partial charge in [0.05, 0.1) is 16.9 Å². The zero-order chi connectivity index (χ0) is 19.0. The number of carbonyl (C=O) groups is 3. The number of rotatable bonds is 10. The highest BCUT2D eigenvalue weighted by Crippen LogP contribution is 2.32. The molecule has 0 saturated heterocycles. The normalized spacial score (nSPS) is 17.5. The number of terminal acetylenes is 1. The van der Waals surface area contributed by atoms with Crippen molar-refractivity contribution in [2.24, 2.45) is 10.8 Å². The summed E-state index contributed by atoms with van der Waals surface area (Å²) >= 11 is 0. The highest BCUT2D eigenvalue weighted by molar-refractivity contribution is 5.75. The quantitative estimate of drug-likeness (QED) is 0.355. The summed E-state index contributed by atoms with van der Waals surface area (Å²) in [5.74, 6) is 1.83. The molecule has 0 aromatic rings. The summed E-state index contributed by atoms with van der Waals surface area (Å²) in [7, 11) is 1.35. The number of carbonyl (C=O) groups excluding carboxylic acids is 3. The zero-order valence-corrected chi connectivity index (χ0v) is 14.8. The van der Waals surface area contributed by atoms with Crippen molar-refractivity contribution in [2.75, 3.05) is 13.7 Å². The van der Waals surface area contributed by atoms with E-state index in [0.29, 0.717) is 6.29 Å². The molecule has 0 aliphatic rings. The fraction of sp³-hybridized carbons (Fsp3) is 0.706. The van der Waals surface area contributed by atoms with Crippen LogP contribution in [0, 0.1) is 23.2 Å². The highest BCUT2D eigenvalue weighted by Gasteiger charge is 2.47. The molecule has 7 heteroatoms. The molecule has 0 aliphatic heterocycles. The van der Waals surface area contributed by atoms with Crippen molar-refractivity contribution in [1.82, 2.24) is 0 Å². The molecule has 0 aromatic heterocycles. The Labute approximate surface area is 142 Å². The van der Waals surface area contributed by atoms with Crippen LogP contribution in [-0.2, 0) is 28.6 Å². The number of methoxy groups -OCH3 is 1. The standard InChI is InChI=1S/C17H26O7/c1-7-8-13(22-6)17(5,10-18)14(24-11-19)12(20)9-23-15(21)16(2,3)4/h1,10-14,20H,8-9H2,2-6H3/t12-,13+,14-,17-/m1/s1. The summed E-state index contributed by atoms with van der Waals surface area (Å²) < 4.78 is 15.1. The van der Waals surface area contributed by atoms with Gasteiger partial charge in [0.25, 0.3) is 6.47 Å². The van der Waals surface area contributed by atoms with Crippen molar-refractivity contribution in [3.8, 4) is 12.3 Å². The first kappa shape index (κ1) is 22.1. The third-order valence-electron chi connectivity index (χ3n) is 3.70. The molecule has 0 radical (unpaired) electrons. The summed E-state index contributed by atoms with van der Waals surface area (Å²) in [6.07, 6.45) is 2.34. The molecule has 1 N–H and O–H groups in total. The van der Waals surface area contributed by atoms with Crippen LogP contribution in [0.5, 0.6) is 0 Å². The van der Waals surface area contributed by atoms with Crippen LogP contribution in [0.25, 0.3) is 0 Å². The van der Waals surface area contributed by atoms with Crippen LogP contribution in [0.4, 0.5) is 0 Å². The van der Waals surface area contributed by atoms with Crippen molar-refractivity contribution < 1.29 is 33.7 Å². The Morgan fingerprint density at radius 2 is 1.88 bits per heavy atom. The molecule has 0 rings (SSSR count). The molecular weight excluding hydrogens is 316 g/mol. The number of aldehydes is 1. The van der Waals surface area contributed by atoms with E-state index in [1.807, 2.05) is 0 Å². The topological polar surface area (TPSA) is 99.1 Å². The lowest BCUT2D eigenvalue weighted by molar-refractivity contribution is -0.176. The van der Waals surface area contributed by atoms with Gasteiger partial charge in [0.15, 0.2) is 0 Å². The fourth-order valence-corrected chi connectivity index (χ4v) is 2.17. The lowest BCUT2D eigenvalue weighted by Gasteiger charge is -2.38. The molecule has 7 nitrogen and oxygen atoms in total. The first-order valence-corrected chi connectivity index (χ1v) is 7.45. The van der Waals surface area contributed by atoms with E-state index in [9.17, 15) is 19.5 Å². The minimum Gasteiger partial charge on any atom is -0.462 e. The van der Waals surface area contributed by atoms with Crippen LogP contribution < -0.4 is 0 Å². The zero-order valence-electron chi connectivity index (χ0n) is 14.8. The second kappa shape index (κ2) is 9.40. The second-order valence-corrected chi connectivity index (χ2v) is 6.69. The monoisotopic (exact) mass is 342 g/mol. The minimum atomic E-state index is -1.42. The van der Waals surface area contributed by atoms with Gasteiger partial charge >= 0.3 is 5.97 Å². The number of aliphatic hydroxyl groups is 1. The van der Waals surface area contributed by atoms with Gasteiger partial charge in [-0.15, -0.1) is 12.3 Å². The molecule has 0 unspecified atom stereocenters. The largest absolute Gasteiger partial charge is 0.462 e. The lowest BCUT2D eigenvalue weighted by atomic mass is 9.76. The number of hydrogen-bond donors (Lipinski definition) is 1. The van der Waals surface area contributed by atoms with E-state index in [4.69, 9.17) is 20.6 Å². The van der Waals surface area contributed by atoms with Crippen LogP contribution in [0.2, 0.25) is 0 Å². The summed E-state index contributed by atoms with van der Waals surface area (Å²) in [5.41, 5.74) is -2.18. The van der Waals surface area contributed by atoms with E-state index in [2.05, 4.69) is 5.92 Å². The molecule has 0 heterocycles. The van der Waals surface area contributed by atoms with Crippen molar-refractivity contribution in [1.29, 1.82) is 0 Å². The molecule has 0 amide bonds. The maximum Gasteiger partial charge on any atom is 0.311 e. The molecule has 0 spiro atoms. The van der Waals surface area contributed by atoms with E-state index in [1.54, 1.807) is 20.8 Å². The number of aliphatic hydroxyl groups excluding tert-OH is 1. The Morgan fingerprint density at radius 3 is 2.25 bits per heavy atom. The summed E-state index contributed by atoms with van der Waals surface area (Å²) in [6.45, 7) is 6.10. The minimum absolute atomic E-state index is 0.0684. The van der Waals surface area contributed by atoms with E-state index < -0.39 is 41.7 Å². The maximum atomic E-state index is 11.8. The molecule has 0 fully saturated rings. The number of esters is 1. The van der Waals surface area contributed by atoms with Crippen LogP contribution >= 0.6 is 0 Å². The predicted octanol–water partition coefficient (Wildman–Crippen LogP) is 0.722. The van der Waals surface area contributed by atoms with Gasteiger partial charge in [0.1, 0.15) is 25.1 Å². The van der Waals surface area contributed by atoms with E-state index >= 15 is 0 Å². The SMILES string of the molecule is C#CC[C@H](OC)[C@@](C)(C=O)[C@H](OC=O)[C@H](O)COC(=O)C(C)(C)C. The van der Waals surface area contributed by atoms with Crippen molar-refractivity contribution in [2.45, 2.75) is 52.4 Å². The van der Waals surface area contributed by atoms with Gasteiger partial charge in [0, 0.05) is 13.5 Å². The van der Waals surface area contributed by atoms with Gasteiger partial charge in [-0.1, -0.05) is 0 Å². The van der Waals surface area contributed by atoms with E-state index in [0.717, 1.165) is 0 Å². The highest BCUT2D eigenvalue weighted by atomic mass is 16.6. The third kappa shape index (κ3) is 5.62. The molecule has 0 bridgehead atoms. The first-order valence-electron chi connectivity index (χ1n) is 7.45. The molecule has 136 valence electrons. The van der Waals surface area contributed by atoms with Crippen molar-refractivity contribution in [3.05, 3.63) is 0 Å². The average Bonchev–Trinajstić information content (AvgIpc) is 2.53. The smallest absolute Gasteiger partial charge is 0.311 e. The fourth-order valence-electron chi connectivity index (χ4n) is 2.17. The van der Waals surface area contributed by atoms with E-state index in [-0.39, 0.29) is 12.9 Å². The van der Waals surface area contributed by atoms with Gasteiger partial charge in [-0.25, -0.2) is 0 Å². The lowest BCUT2D eigenvalue weighted by Crippen LogP contribution is -2.53. The second-order valence-electron chi connectivity index (χ2n) is 6.69. The molecule has 4 atom stereocenters. The Morgan fingerprint density at radius 1 is 1.29 bits per heavy atom. The summed E-state index contributed by atoms with van der Waals surface area (Å²) in [4.78, 5) is 34.3. The van der Waals surface area contributed by atoms with Gasteiger partial charge in [-0.3, -0.25) is 9.59 Å².